The van der Waals surface area contributed by atoms with Crippen molar-refractivity contribution in [2.45, 2.75) is 45.1 Å². The zero-order chi connectivity index (χ0) is 11.5. The molecule has 1 heterocycles. The minimum atomic E-state index is -0.678. The van der Waals surface area contributed by atoms with E-state index in [0.717, 1.165) is 31.5 Å². The highest BCUT2D eigenvalue weighted by molar-refractivity contribution is 5.66. The second-order valence-electron chi connectivity index (χ2n) is 4.65. The predicted molar refractivity (Wildman–Crippen MR) is 60.2 cm³/mol. The Morgan fingerprint density at radius 1 is 1.62 bits per heavy atom. The maximum atomic E-state index is 10.5. The number of aryl methyl sites for hydroxylation is 1. The van der Waals surface area contributed by atoms with Crippen LogP contribution in [0.5, 0.6) is 0 Å². The molecule has 4 heteroatoms. The second kappa shape index (κ2) is 4.68. The molecule has 1 aromatic heterocycles. The molecule has 0 aromatic carbocycles. The first-order chi connectivity index (χ1) is 7.66. The molecule has 0 radical (unpaired) electrons. The standard InChI is InChI=1S/C12H18N2O2/c1-9-13-6-7-14(9)11-4-2-10(8-11)3-5-12(15)16/h6-7,10-11H,2-5,8H2,1H3,(H,15,16). The van der Waals surface area contributed by atoms with Crippen LogP contribution in [0.3, 0.4) is 0 Å². The minimum absolute atomic E-state index is 0.306. The van der Waals surface area contributed by atoms with Gasteiger partial charge >= 0.3 is 5.97 Å². The van der Waals surface area contributed by atoms with Crippen molar-refractivity contribution in [3.05, 3.63) is 18.2 Å². The average Bonchev–Trinajstić information content (AvgIpc) is 2.83. The third-order valence-electron chi connectivity index (χ3n) is 3.54. The fourth-order valence-corrected chi connectivity index (χ4v) is 2.66. The molecule has 1 aliphatic rings. The lowest BCUT2D eigenvalue weighted by molar-refractivity contribution is -0.137. The quantitative estimate of drug-likeness (QED) is 0.851. The highest BCUT2D eigenvalue weighted by Gasteiger charge is 2.26. The van der Waals surface area contributed by atoms with E-state index in [9.17, 15) is 4.79 Å². The van der Waals surface area contributed by atoms with Gasteiger partial charge in [0.1, 0.15) is 5.82 Å². The Morgan fingerprint density at radius 3 is 3.06 bits per heavy atom. The van der Waals surface area contributed by atoms with Crippen LogP contribution in [0.25, 0.3) is 0 Å². The Balaban J connectivity index is 1.88. The first-order valence-electron chi connectivity index (χ1n) is 5.88. The molecule has 1 aliphatic carbocycles. The van der Waals surface area contributed by atoms with Crippen LogP contribution in [0, 0.1) is 12.8 Å². The summed E-state index contributed by atoms with van der Waals surface area (Å²) in [6.07, 6.45) is 8.39. The molecule has 88 valence electrons. The number of carboxylic acids is 1. The van der Waals surface area contributed by atoms with Gasteiger partial charge in [-0.3, -0.25) is 4.79 Å². The van der Waals surface area contributed by atoms with E-state index in [1.807, 2.05) is 19.3 Å². The number of rotatable bonds is 4. The van der Waals surface area contributed by atoms with Gasteiger partial charge in [-0.15, -0.1) is 0 Å². The van der Waals surface area contributed by atoms with Crippen molar-refractivity contribution < 1.29 is 9.90 Å². The lowest BCUT2D eigenvalue weighted by Crippen LogP contribution is -2.07. The summed E-state index contributed by atoms with van der Waals surface area (Å²) in [6, 6.07) is 0.529. The normalized spacial score (nSPS) is 24.8. The molecule has 4 nitrogen and oxygen atoms in total. The fraction of sp³-hybridized carbons (Fsp3) is 0.667. The van der Waals surface area contributed by atoms with Crippen LogP contribution in [0.15, 0.2) is 12.4 Å². The van der Waals surface area contributed by atoms with E-state index in [4.69, 9.17) is 5.11 Å². The van der Waals surface area contributed by atoms with Gasteiger partial charge in [0.15, 0.2) is 0 Å². The SMILES string of the molecule is Cc1nccn1C1CCC(CCC(=O)O)C1. The van der Waals surface area contributed by atoms with Crippen LogP contribution < -0.4 is 0 Å². The molecular weight excluding hydrogens is 204 g/mol. The number of aromatic nitrogens is 2. The number of hydrogen-bond donors (Lipinski definition) is 1. The number of aliphatic carboxylic acids is 1. The third kappa shape index (κ3) is 2.43. The highest BCUT2D eigenvalue weighted by atomic mass is 16.4. The zero-order valence-electron chi connectivity index (χ0n) is 9.59. The molecule has 0 aliphatic heterocycles. The van der Waals surface area contributed by atoms with Crippen molar-refractivity contribution in [3.63, 3.8) is 0 Å². The number of nitrogens with zero attached hydrogens (tertiary/aromatic N) is 2. The summed E-state index contributed by atoms with van der Waals surface area (Å²) in [5.41, 5.74) is 0. The van der Waals surface area contributed by atoms with Gasteiger partial charge in [0.25, 0.3) is 0 Å². The van der Waals surface area contributed by atoms with E-state index in [2.05, 4.69) is 9.55 Å². The van der Waals surface area contributed by atoms with Crippen LogP contribution in [0.2, 0.25) is 0 Å². The van der Waals surface area contributed by atoms with Gasteiger partial charge < -0.3 is 9.67 Å². The lowest BCUT2D eigenvalue weighted by Gasteiger charge is -2.14. The Kier molecular flexibility index (Phi) is 3.27. The molecule has 2 rings (SSSR count). The number of carboxylic acid groups (broad SMARTS) is 1. The fourth-order valence-electron chi connectivity index (χ4n) is 2.66. The first-order valence-corrected chi connectivity index (χ1v) is 5.88. The maximum absolute atomic E-state index is 10.5. The predicted octanol–water partition coefficient (Wildman–Crippen LogP) is 2.40. The summed E-state index contributed by atoms with van der Waals surface area (Å²) >= 11 is 0. The van der Waals surface area contributed by atoms with Crippen LogP contribution in [-0.4, -0.2) is 20.6 Å². The van der Waals surface area contributed by atoms with Crippen LogP contribution in [-0.2, 0) is 4.79 Å². The van der Waals surface area contributed by atoms with Gasteiger partial charge in [-0.1, -0.05) is 0 Å². The van der Waals surface area contributed by atoms with E-state index in [1.54, 1.807) is 0 Å². The van der Waals surface area contributed by atoms with Crippen molar-refractivity contribution >= 4 is 5.97 Å². The molecule has 2 unspecified atom stereocenters. The molecule has 0 amide bonds. The molecule has 2 atom stereocenters. The van der Waals surface area contributed by atoms with Crippen molar-refractivity contribution in [3.8, 4) is 0 Å². The monoisotopic (exact) mass is 222 g/mol. The molecule has 0 bridgehead atoms. The number of hydrogen-bond acceptors (Lipinski definition) is 2. The van der Waals surface area contributed by atoms with Gasteiger partial charge in [0.05, 0.1) is 0 Å². The van der Waals surface area contributed by atoms with Crippen molar-refractivity contribution in [1.29, 1.82) is 0 Å². The van der Waals surface area contributed by atoms with Crippen LogP contribution in [0.1, 0.15) is 44.0 Å². The molecule has 0 saturated heterocycles. The smallest absolute Gasteiger partial charge is 0.303 e. The topological polar surface area (TPSA) is 55.1 Å². The summed E-state index contributed by atoms with van der Waals surface area (Å²) < 4.78 is 2.22. The largest absolute Gasteiger partial charge is 0.481 e. The van der Waals surface area contributed by atoms with Crippen molar-refractivity contribution in [2.75, 3.05) is 0 Å². The Bertz CT molecular complexity index is 373. The van der Waals surface area contributed by atoms with E-state index in [1.165, 1.54) is 0 Å². The summed E-state index contributed by atoms with van der Waals surface area (Å²) in [5.74, 6) is 0.953. The molecule has 1 fully saturated rings. The Morgan fingerprint density at radius 2 is 2.44 bits per heavy atom. The number of imidazole rings is 1. The second-order valence-corrected chi connectivity index (χ2v) is 4.65. The summed E-state index contributed by atoms with van der Waals surface area (Å²) in [5, 5.41) is 8.65. The Hall–Kier alpha value is -1.32. The number of carbonyl (C=O) groups is 1. The molecule has 16 heavy (non-hydrogen) atoms. The molecule has 1 aromatic rings. The summed E-state index contributed by atoms with van der Waals surface area (Å²) in [4.78, 5) is 14.7. The van der Waals surface area contributed by atoms with Gasteiger partial charge in [0, 0.05) is 24.9 Å². The van der Waals surface area contributed by atoms with E-state index < -0.39 is 5.97 Å². The lowest BCUT2D eigenvalue weighted by atomic mass is 10.0. The molecule has 1 N–H and O–H groups in total. The maximum Gasteiger partial charge on any atom is 0.303 e. The zero-order valence-corrected chi connectivity index (χ0v) is 9.59. The van der Waals surface area contributed by atoms with Crippen molar-refractivity contribution in [2.24, 2.45) is 5.92 Å². The van der Waals surface area contributed by atoms with Crippen LogP contribution in [0.4, 0.5) is 0 Å². The Labute approximate surface area is 95.3 Å². The average molecular weight is 222 g/mol. The molecule has 0 spiro atoms. The van der Waals surface area contributed by atoms with Gasteiger partial charge in [-0.25, -0.2) is 4.98 Å². The highest BCUT2D eigenvalue weighted by Crippen LogP contribution is 2.37. The molecule has 1 saturated carbocycles. The van der Waals surface area contributed by atoms with Gasteiger partial charge in [-0.2, -0.15) is 0 Å². The minimum Gasteiger partial charge on any atom is -0.481 e. The van der Waals surface area contributed by atoms with Gasteiger partial charge in [-0.05, 0) is 38.5 Å². The third-order valence-corrected chi connectivity index (χ3v) is 3.54. The van der Waals surface area contributed by atoms with Gasteiger partial charge in [0.2, 0.25) is 0 Å². The van der Waals surface area contributed by atoms with Crippen LogP contribution >= 0.6 is 0 Å². The van der Waals surface area contributed by atoms with E-state index >= 15 is 0 Å². The first kappa shape index (κ1) is 11.2. The van der Waals surface area contributed by atoms with E-state index in [-0.39, 0.29) is 0 Å². The van der Waals surface area contributed by atoms with E-state index in [0.29, 0.717) is 18.4 Å². The molecular formula is C12H18N2O2. The summed E-state index contributed by atoms with van der Waals surface area (Å²) in [7, 11) is 0. The van der Waals surface area contributed by atoms with Crippen molar-refractivity contribution in [1.82, 2.24) is 9.55 Å². The summed E-state index contributed by atoms with van der Waals surface area (Å²) in [6.45, 7) is 2.02.